The lowest BCUT2D eigenvalue weighted by Crippen LogP contribution is -2.46. The van der Waals surface area contributed by atoms with E-state index < -0.39 is 17.7 Å². The second kappa shape index (κ2) is 4.69. The average molecular weight is 269 g/mol. The molecule has 5 nitrogen and oxygen atoms in total. The number of carboxylic acid groups (broad SMARTS) is 1. The van der Waals surface area contributed by atoms with Gasteiger partial charge in [-0.15, -0.1) is 0 Å². The molecule has 2 aliphatic rings. The van der Waals surface area contributed by atoms with Crippen LogP contribution in [0.2, 0.25) is 0 Å². The topological polar surface area (TPSA) is 75.6 Å². The second-order valence-electron chi connectivity index (χ2n) is 6.87. The van der Waals surface area contributed by atoms with Gasteiger partial charge in [0, 0.05) is 6.04 Å². The fraction of sp³-hybridized carbons (Fsp3) is 0.857. The lowest BCUT2D eigenvalue weighted by atomic mass is 9.78. The molecule has 1 amide bonds. The van der Waals surface area contributed by atoms with Gasteiger partial charge in [-0.3, -0.25) is 4.79 Å². The smallest absolute Gasteiger partial charge is 0.407 e. The van der Waals surface area contributed by atoms with Gasteiger partial charge in [0.2, 0.25) is 0 Å². The summed E-state index contributed by atoms with van der Waals surface area (Å²) in [5, 5.41) is 12.1. The Bertz CT molecular complexity index is 387. The fourth-order valence-electron chi connectivity index (χ4n) is 3.65. The van der Waals surface area contributed by atoms with E-state index in [-0.39, 0.29) is 23.8 Å². The summed E-state index contributed by atoms with van der Waals surface area (Å²) in [6.07, 6.45) is 1.33. The maximum Gasteiger partial charge on any atom is 0.407 e. The van der Waals surface area contributed by atoms with Crippen LogP contribution >= 0.6 is 0 Å². The summed E-state index contributed by atoms with van der Waals surface area (Å²) < 4.78 is 5.23. The Kier molecular flexibility index (Phi) is 3.49. The molecule has 0 aromatic rings. The number of hydrogen-bond donors (Lipinski definition) is 2. The van der Waals surface area contributed by atoms with Crippen molar-refractivity contribution >= 4 is 12.1 Å². The molecule has 0 aromatic carbocycles. The number of aliphatic carboxylic acids is 1. The molecule has 5 atom stereocenters. The highest BCUT2D eigenvalue weighted by Gasteiger charge is 2.54. The van der Waals surface area contributed by atoms with Gasteiger partial charge in [-0.2, -0.15) is 0 Å². The standard InChI is InChI=1S/C14H23NO4/c1-7-8-5-9(11(7)12(16)17)10(6-8)15-13(18)19-14(2,3)4/h7-11H,5-6H2,1-4H3,(H,15,18)(H,16,17)/t7-,8?,9?,10-,11+/m0/s1. The summed E-state index contributed by atoms with van der Waals surface area (Å²) in [5.74, 6) is -0.412. The summed E-state index contributed by atoms with van der Waals surface area (Å²) in [6, 6.07) is -0.0582. The van der Waals surface area contributed by atoms with Crippen molar-refractivity contribution in [3.63, 3.8) is 0 Å². The molecule has 2 rings (SSSR count). The molecule has 2 saturated carbocycles. The van der Waals surface area contributed by atoms with Gasteiger partial charge in [-0.1, -0.05) is 6.92 Å². The van der Waals surface area contributed by atoms with E-state index in [0.29, 0.717) is 5.92 Å². The molecule has 19 heavy (non-hydrogen) atoms. The van der Waals surface area contributed by atoms with Crippen molar-refractivity contribution in [1.29, 1.82) is 0 Å². The summed E-state index contributed by atoms with van der Waals surface area (Å²) in [6.45, 7) is 7.45. The Morgan fingerprint density at radius 1 is 1.26 bits per heavy atom. The molecular weight excluding hydrogens is 246 g/mol. The van der Waals surface area contributed by atoms with Gasteiger partial charge < -0.3 is 15.2 Å². The van der Waals surface area contributed by atoms with Crippen molar-refractivity contribution in [2.75, 3.05) is 0 Å². The third kappa shape index (κ3) is 2.85. The minimum absolute atomic E-state index is 0.0463. The number of carboxylic acids is 1. The van der Waals surface area contributed by atoms with Gasteiger partial charge in [0.05, 0.1) is 5.92 Å². The van der Waals surface area contributed by atoms with E-state index in [1.54, 1.807) is 0 Å². The van der Waals surface area contributed by atoms with Gasteiger partial charge in [0.1, 0.15) is 5.60 Å². The SMILES string of the molecule is C[C@H]1C2CC([C@@H](NC(=O)OC(C)(C)C)C2)[C@@H]1C(=O)O. The molecule has 0 aliphatic heterocycles. The van der Waals surface area contributed by atoms with Gasteiger partial charge in [-0.25, -0.2) is 4.79 Å². The first kappa shape index (κ1) is 14.2. The summed E-state index contributed by atoms with van der Waals surface area (Å²) >= 11 is 0. The molecule has 0 heterocycles. The molecule has 108 valence electrons. The van der Waals surface area contributed by atoms with E-state index in [1.165, 1.54) is 0 Å². The largest absolute Gasteiger partial charge is 0.481 e. The predicted molar refractivity (Wildman–Crippen MR) is 69.7 cm³/mol. The van der Waals surface area contributed by atoms with Crippen LogP contribution in [0.15, 0.2) is 0 Å². The van der Waals surface area contributed by atoms with E-state index in [1.807, 2.05) is 27.7 Å². The highest BCUT2D eigenvalue weighted by molar-refractivity contribution is 5.72. The Morgan fingerprint density at radius 3 is 2.37 bits per heavy atom. The molecule has 2 fully saturated rings. The summed E-state index contributed by atoms with van der Waals surface area (Å²) in [5.41, 5.74) is -0.527. The second-order valence-corrected chi connectivity index (χ2v) is 6.87. The molecule has 2 aliphatic carbocycles. The number of alkyl carbamates (subject to hydrolysis) is 1. The summed E-state index contributed by atoms with van der Waals surface area (Å²) in [4.78, 5) is 23.1. The van der Waals surface area contributed by atoms with Crippen LogP contribution < -0.4 is 5.32 Å². The number of amides is 1. The van der Waals surface area contributed by atoms with Gasteiger partial charge in [0.15, 0.2) is 0 Å². The number of carbonyl (C=O) groups excluding carboxylic acids is 1. The van der Waals surface area contributed by atoms with E-state index >= 15 is 0 Å². The van der Waals surface area contributed by atoms with Gasteiger partial charge >= 0.3 is 12.1 Å². The van der Waals surface area contributed by atoms with E-state index in [4.69, 9.17) is 4.74 Å². The molecule has 2 unspecified atom stereocenters. The van der Waals surface area contributed by atoms with Crippen LogP contribution in [0.3, 0.4) is 0 Å². The number of hydrogen-bond acceptors (Lipinski definition) is 3. The Labute approximate surface area is 113 Å². The van der Waals surface area contributed by atoms with Crippen LogP contribution in [0.25, 0.3) is 0 Å². The number of carbonyl (C=O) groups is 2. The third-order valence-corrected chi connectivity index (χ3v) is 4.41. The van der Waals surface area contributed by atoms with Crippen LogP contribution in [0.1, 0.15) is 40.5 Å². The zero-order valence-electron chi connectivity index (χ0n) is 12.0. The first-order valence-electron chi connectivity index (χ1n) is 6.91. The van der Waals surface area contributed by atoms with Crippen molar-refractivity contribution < 1.29 is 19.4 Å². The third-order valence-electron chi connectivity index (χ3n) is 4.41. The fourth-order valence-corrected chi connectivity index (χ4v) is 3.65. The summed E-state index contributed by atoms with van der Waals surface area (Å²) in [7, 11) is 0. The van der Waals surface area contributed by atoms with E-state index in [9.17, 15) is 14.7 Å². The van der Waals surface area contributed by atoms with Crippen molar-refractivity contribution in [2.24, 2.45) is 23.7 Å². The first-order chi connectivity index (χ1) is 8.69. The van der Waals surface area contributed by atoms with Crippen molar-refractivity contribution in [2.45, 2.75) is 52.2 Å². The normalized spacial score (nSPS) is 37.2. The predicted octanol–water partition coefficient (Wildman–Crippen LogP) is 2.26. The van der Waals surface area contributed by atoms with E-state index in [2.05, 4.69) is 5.32 Å². The molecule has 0 spiro atoms. The molecule has 5 heteroatoms. The minimum atomic E-state index is -0.740. The van der Waals surface area contributed by atoms with Gasteiger partial charge in [-0.05, 0) is 51.4 Å². The van der Waals surface area contributed by atoms with Crippen LogP contribution in [-0.4, -0.2) is 28.8 Å². The van der Waals surface area contributed by atoms with E-state index in [0.717, 1.165) is 12.8 Å². The Morgan fingerprint density at radius 2 is 1.89 bits per heavy atom. The van der Waals surface area contributed by atoms with Crippen LogP contribution in [0.4, 0.5) is 4.79 Å². The maximum atomic E-state index is 11.8. The number of fused-ring (bicyclic) bond motifs is 2. The number of ether oxygens (including phenoxy) is 1. The molecule has 0 saturated heterocycles. The minimum Gasteiger partial charge on any atom is -0.481 e. The Balaban J connectivity index is 1.97. The molecular formula is C14H23NO4. The molecule has 0 radical (unpaired) electrons. The van der Waals surface area contributed by atoms with Crippen LogP contribution in [0.5, 0.6) is 0 Å². The highest BCUT2D eigenvalue weighted by atomic mass is 16.6. The zero-order valence-corrected chi connectivity index (χ0v) is 12.0. The van der Waals surface area contributed by atoms with Crippen LogP contribution in [0, 0.1) is 23.7 Å². The molecule has 2 bridgehead atoms. The van der Waals surface area contributed by atoms with Crippen LogP contribution in [-0.2, 0) is 9.53 Å². The maximum absolute atomic E-state index is 11.8. The zero-order chi connectivity index (χ0) is 14.4. The quantitative estimate of drug-likeness (QED) is 0.806. The molecule has 0 aromatic heterocycles. The Hall–Kier alpha value is -1.26. The average Bonchev–Trinajstić information content (AvgIpc) is 2.71. The monoisotopic (exact) mass is 269 g/mol. The number of nitrogens with one attached hydrogen (secondary N) is 1. The highest BCUT2D eigenvalue weighted by Crippen LogP contribution is 2.52. The van der Waals surface area contributed by atoms with Gasteiger partial charge in [0.25, 0.3) is 0 Å². The lowest BCUT2D eigenvalue weighted by Gasteiger charge is -2.32. The molecule has 2 N–H and O–H groups in total. The first-order valence-corrected chi connectivity index (χ1v) is 6.91. The lowest BCUT2D eigenvalue weighted by molar-refractivity contribution is -0.145. The van der Waals surface area contributed by atoms with Crippen molar-refractivity contribution in [3.8, 4) is 0 Å². The number of rotatable bonds is 2. The van der Waals surface area contributed by atoms with Crippen molar-refractivity contribution in [3.05, 3.63) is 0 Å². The van der Waals surface area contributed by atoms with Crippen molar-refractivity contribution in [1.82, 2.24) is 5.32 Å².